The van der Waals surface area contributed by atoms with Crippen LogP contribution in [0, 0.1) is 22.7 Å². The molecule has 4 aliphatic carbocycles. The van der Waals surface area contributed by atoms with Crippen LogP contribution in [-0.2, 0) is 44.7 Å². The number of aliphatic hydroxyl groups excluding tert-OH is 2. The number of hydrogen-bond acceptors (Lipinski definition) is 11. The van der Waals surface area contributed by atoms with E-state index < -0.39 is 113 Å². The van der Waals surface area contributed by atoms with Gasteiger partial charge >= 0.3 is 5.97 Å². The second kappa shape index (κ2) is 16.6. The Morgan fingerprint density at radius 2 is 1.78 bits per heavy atom. The van der Waals surface area contributed by atoms with Crippen LogP contribution in [0.5, 0.6) is 0 Å². The number of thiophene rings is 1. The van der Waals surface area contributed by atoms with E-state index in [1.807, 2.05) is 6.07 Å². The monoisotopic (exact) mass is 917 g/mol. The Bertz CT molecular complexity index is 2150. The third kappa shape index (κ3) is 7.36. The molecule has 60 heavy (non-hydrogen) atoms. The van der Waals surface area contributed by atoms with Gasteiger partial charge in [0.25, 0.3) is 0 Å². The molecule has 322 valence electrons. The summed E-state index contributed by atoms with van der Waals surface area (Å²) in [5.74, 6) is -5.73. The summed E-state index contributed by atoms with van der Waals surface area (Å²) in [5, 5.41) is 38.7. The molecule has 2 heterocycles. The number of nitrogens with one attached hydrogen (secondary N) is 3. The highest BCUT2D eigenvalue weighted by Gasteiger charge is 2.80. The smallest absolute Gasteiger partial charge is 0.303 e. The zero-order chi connectivity index (χ0) is 43.4. The summed E-state index contributed by atoms with van der Waals surface area (Å²) in [7, 11) is 0. The first-order valence-electron chi connectivity index (χ1n) is 19.7. The third-order valence-electron chi connectivity index (χ3n) is 13.3. The summed E-state index contributed by atoms with van der Waals surface area (Å²) >= 11 is 4.34. The van der Waals surface area contributed by atoms with Gasteiger partial charge < -0.3 is 40.7 Å². The van der Waals surface area contributed by atoms with Crippen molar-refractivity contribution in [3.8, 4) is 0 Å². The fraction of sp³-hybridized carbons (Fsp3) is 0.524. The fourth-order valence-corrected chi connectivity index (χ4v) is 11.7. The highest BCUT2D eigenvalue weighted by Crippen LogP contribution is 2.72. The molecule has 1 aromatic heterocycles. The van der Waals surface area contributed by atoms with E-state index in [0.29, 0.717) is 17.0 Å². The van der Waals surface area contributed by atoms with Gasteiger partial charge in [0.1, 0.15) is 18.8 Å². The average molecular weight is 919 g/mol. The maximum atomic E-state index is 17.7. The standard InChI is InChI=1S/C42H46BrF2N3O11S/c1-39-12-11-23(50)14-27(39)28(44)15-26-25-16-33-42(32(52)20-49,40(25,2)17-31(51)41(26,39)45)59-38(58-33)30-9-7-24(60-30)13-21-3-5-22(6-4-21)47-37(57)29(8-10-36(55)56)48-35(54)19-46-34(53)18-43/h3-7,9,11-12,14,25-26,28-29,31,33,38,49,51H,8,10,13,15-20H2,1-2H3,(H,46,53)(H,47,57)(H,48,54)(H,55,56)/t25-,26-,28-,29-,31-,33+,38+,39-,40-,41-,42+/m0/s1. The Labute approximate surface area is 356 Å². The van der Waals surface area contributed by atoms with Crippen molar-refractivity contribution >= 4 is 68.2 Å². The lowest BCUT2D eigenvalue weighted by Gasteiger charge is -2.63. The van der Waals surface area contributed by atoms with Crippen molar-refractivity contribution in [2.75, 3.05) is 23.8 Å². The molecule has 4 fully saturated rings. The molecular weight excluding hydrogens is 872 g/mol. The van der Waals surface area contributed by atoms with Crippen LogP contribution in [0.1, 0.15) is 67.6 Å². The number of allylic oxidation sites excluding steroid dienone is 4. The van der Waals surface area contributed by atoms with Gasteiger partial charge in [0.2, 0.25) is 17.7 Å². The zero-order valence-corrected chi connectivity index (χ0v) is 35.2. The van der Waals surface area contributed by atoms with Crippen molar-refractivity contribution < 1.29 is 62.3 Å². The van der Waals surface area contributed by atoms with Crippen LogP contribution in [0.25, 0.3) is 0 Å². The zero-order valence-electron chi connectivity index (χ0n) is 32.8. The lowest BCUT2D eigenvalue weighted by molar-refractivity contribution is -0.234. The molecule has 0 spiro atoms. The summed E-state index contributed by atoms with van der Waals surface area (Å²) in [6.45, 7) is 1.95. The molecule has 3 saturated carbocycles. The number of aliphatic carboxylic acids is 1. The van der Waals surface area contributed by atoms with Crippen molar-refractivity contribution in [2.45, 2.75) is 94.4 Å². The van der Waals surface area contributed by atoms with E-state index in [0.717, 1.165) is 16.5 Å². The lowest BCUT2D eigenvalue weighted by atomic mass is 9.44. The predicted molar refractivity (Wildman–Crippen MR) is 215 cm³/mol. The number of carbonyl (C=O) groups is 6. The molecule has 0 bridgehead atoms. The molecule has 0 unspecified atom stereocenters. The molecule has 18 heteroatoms. The molecule has 7 rings (SSSR count). The number of alkyl halides is 3. The molecule has 3 amide bonds. The fourth-order valence-electron chi connectivity index (χ4n) is 10.5. The first-order chi connectivity index (χ1) is 28.4. The Kier molecular flexibility index (Phi) is 12.1. The van der Waals surface area contributed by atoms with Gasteiger partial charge in [0, 0.05) is 40.2 Å². The summed E-state index contributed by atoms with van der Waals surface area (Å²) in [5.41, 5.74) is -5.71. The molecule has 1 aliphatic heterocycles. The lowest BCUT2D eigenvalue weighted by Crippen LogP contribution is -2.70. The molecule has 5 aliphatic rings. The van der Waals surface area contributed by atoms with Crippen LogP contribution in [0.2, 0.25) is 0 Å². The molecular formula is C42H46BrF2N3O11S. The Hall–Kier alpha value is -4.20. The minimum atomic E-state index is -2.35. The van der Waals surface area contributed by atoms with Crippen molar-refractivity contribution in [3.63, 3.8) is 0 Å². The average Bonchev–Trinajstić information content (AvgIpc) is 3.90. The summed E-state index contributed by atoms with van der Waals surface area (Å²) in [6.07, 6.45) is -2.10. The predicted octanol–water partition coefficient (Wildman–Crippen LogP) is 3.78. The first kappa shape index (κ1) is 43.9. The highest BCUT2D eigenvalue weighted by molar-refractivity contribution is 9.09. The van der Waals surface area contributed by atoms with Crippen LogP contribution in [-0.4, -0.2) is 105 Å². The van der Waals surface area contributed by atoms with Crippen LogP contribution < -0.4 is 16.0 Å². The van der Waals surface area contributed by atoms with E-state index in [9.17, 15) is 39.0 Å². The topological polar surface area (TPSA) is 218 Å². The van der Waals surface area contributed by atoms with E-state index in [2.05, 4.69) is 31.9 Å². The minimum absolute atomic E-state index is 0.00378. The maximum absolute atomic E-state index is 17.7. The number of ether oxygens (including phenoxy) is 2. The second-order valence-electron chi connectivity index (χ2n) is 16.6. The summed E-state index contributed by atoms with van der Waals surface area (Å²) in [6, 6.07) is 9.38. The number of hydrogen-bond donors (Lipinski definition) is 6. The Morgan fingerprint density at radius 1 is 1.05 bits per heavy atom. The number of carboxylic acid groups (broad SMARTS) is 1. The second-order valence-corrected chi connectivity index (χ2v) is 18.4. The molecule has 2 aromatic rings. The third-order valence-corrected chi connectivity index (χ3v) is 14.9. The van der Waals surface area contributed by atoms with E-state index >= 15 is 8.78 Å². The summed E-state index contributed by atoms with van der Waals surface area (Å²) in [4.78, 5) is 75.7. The van der Waals surface area contributed by atoms with Gasteiger partial charge in [-0.1, -0.05) is 41.1 Å². The van der Waals surface area contributed by atoms with E-state index in [1.165, 1.54) is 30.4 Å². The molecule has 14 nitrogen and oxygen atoms in total. The quantitative estimate of drug-likeness (QED) is 0.150. The number of carbonyl (C=O) groups excluding carboxylic acids is 5. The molecule has 1 aromatic carbocycles. The Balaban J connectivity index is 1.03. The minimum Gasteiger partial charge on any atom is -0.481 e. The van der Waals surface area contributed by atoms with Gasteiger partial charge in [-0.15, -0.1) is 11.3 Å². The number of aliphatic hydroxyl groups is 2. The normalized spacial score (nSPS) is 34.3. The van der Waals surface area contributed by atoms with Gasteiger partial charge in [0.05, 0.1) is 29.0 Å². The number of fused-ring (bicyclic) bond motifs is 7. The highest BCUT2D eigenvalue weighted by atomic mass is 79.9. The largest absolute Gasteiger partial charge is 0.481 e. The number of anilines is 1. The number of ketones is 2. The number of halogens is 3. The molecule has 6 N–H and O–H groups in total. The summed E-state index contributed by atoms with van der Waals surface area (Å²) < 4.78 is 46.7. The van der Waals surface area contributed by atoms with Gasteiger partial charge in [0.15, 0.2) is 29.1 Å². The first-order valence-corrected chi connectivity index (χ1v) is 21.6. The molecule has 11 atom stereocenters. The van der Waals surface area contributed by atoms with Gasteiger partial charge in [-0.3, -0.25) is 28.8 Å². The van der Waals surface area contributed by atoms with Crippen LogP contribution >= 0.6 is 27.3 Å². The van der Waals surface area contributed by atoms with Crippen molar-refractivity contribution in [2.24, 2.45) is 22.7 Å². The van der Waals surface area contributed by atoms with Crippen LogP contribution in [0.3, 0.4) is 0 Å². The van der Waals surface area contributed by atoms with Gasteiger partial charge in [-0.2, -0.15) is 0 Å². The maximum Gasteiger partial charge on any atom is 0.303 e. The number of rotatable bonds is 14. The number of carboxylic acids is 1. The SMILES string of the molecule is C[C@]12C=CC(=O)C=C1[C@@H](F)C[C@H]1[C@@H]3C[C@H]4O[C@@H](c5ccc(Cc6ccc(NC(=O)[C@H](CCC(=O)O)NC(=O)CNC(=O)CBr)cc6)s5)O[C@@]4(C(=O)CO)[C@@]3(C)C[C@H](O)[C@@]12F. The molecule has 0 radical (unpaired) electrons. The van der Waals surface area contributed by atoms with Gasteiger partial charge in [-0.25, -0.2) is 8.78 Å². The Morgan fingerprint density at radius 3 is 2.47 bits per heavy atom. The van der Waals surface area contributed by atoms with Gasteiger partial charge in [-0.05, 0) is 86.1 Å². The number of amides is 3. The van der Waals surface area contributed by atoms with Crippen molar-refractivity contribution in [1.82, 2.24) is 10.6 Å². The van der Waals surface area contributed by atoms with E-state index in [4.69, 9.17) is 14.6 Å². The number of Topliss-reactive ketones (excluding diaryl/α,β-unsaturated/α-hetero) is 1. The molecule has 1 saturated heterocycles. The number of benzene rings is 1. The van der Waals surface area contributed by atoms with Crippen LogP contribution in [0.15, 0.2) is 60.2 Å². The van der Waals surface area contributed by atoms with E-state index in [1.54, 1.807) is 37.3 Å². The van der Waals surface area contributed by atoms with Crippen molar-refractivity contribution in [3.05, 3.63) is 75.5 Å². The van der Waals surface area contributed by atoms with E-state index in [-0.39, 0.29) is 43.0 Å². The van der Waals surface area contributed by atoms with Crippen molar-refractivity contribution in [1.29, 1.82) is 0 Å². The van der Waals surface area contributed by atoms with Crippen LogP contribution in [0.4, 0.5) is 14.5 Å².